The molecule has 2 aromatic carbocycles. The van der Waals surface area contributed by atoms with Gasteiger partial charge in [0.15, 0.2) is 0 Å². The first-order valence-corrected chi connectivity index (χ1v) is 15.3. The van der Waals surface area contributed by atoms with E-state index in [1.54, 1.807) is 25.3 Å². The molecule has 2 aliphatic rings. The summed E-state index contributed by atoms with van der Waals surface area (Å²) in [6, 6.07) is 9.45. The summed E-state index contributed by atoms with van der Waals surface area (Å²) in [7, 11) is 1.59. The van der Waals surface area contributed by atoms with Crippen molar-refractivity contribution < 1.29 is 37.7 Å². The van der Waals surface area contributed by atoms with E-state index in [-0.39, 0.29) is 17.7 Å². The van der Waals surface area contributed by atoms with Gasteiger partial charge in [-0.3, -0.25) is 4.79 Å². The van der Waals surface area contributed by atoms with Crippen LogP contribution in [-0.4, -0.2) is 60.4 Å². The predicted octanol–water partition coefficient (Wildman–Crippen LogP) is 6.32. The molecular weight excluding hydrogens is 570 g/mol. The summed E-state index contributed by atoms with van der Waals surface area (Å²) in [6.45, 7) is 9.73. The van der Waals surface area contributed by atoms with Crippen molar-refractivity contribution in [2.75, 3.05) is 13.7 Å². The summed E-state index contributed by atoms with van der Waals surface area (Å²) in [6.07, 6.45) is 1.22. The van der Waals surface area contributed by atoms with E-state index in [1.165, 1.54) is 11.0 Å². The maximum atomic E-state index is 14.3. The molecule has 0 spiro atoms. The maximum Gasteiger partial charge on any atom is 0.387 e. The van der Waals surface area contributed by atoms with Crippen LogP contribution in [0.1, 0.15) is 83.5 Å². The van der Waals surface area contributed by atoms with Gasteiger partial charge in [0.1, 0.15) is 23.6 Å². The average Bonchev–Trinajstić information content (AvgIpc) is 3.31. The Balaban J connectivity index is 1.89. The van der Waals surface area contributed by atoms with Gasteiger partial charge in [0, 0.05) is 36.2 Å². The molecule has 4 rings (SSSR count). The zero-order chi connectivity index (χ0) is 32.4. The highest BCUT2D eigenvalue weighted by Gasteiger charge is 2.59. The van der Waals surface area contributed by atoms with Gasteiger partial charge in [-0.15, -0.1) is 0 Å². The van der Waals surface area contributed by atoms with Crippen molar-refractivity contribution >= 4 is 11.9 Å². The number of para-hydroxylation sites is 1. The lowest BCUT2D eigenvalue weighted by Gasteiger charge is -2.36. The van der Waals surface area contributed by atoms with Crippen LogP contribution in [0.5, 0.6) is 11.5 Å². The first-order chi connectivity index (χ1) is 20.6. The Labute approximate surface area is 259 Å². The number of likely N-dealkylation sites (tertiary alicyclic amines) is 1. The Bertz CT molecular complexity index is 1320. The molecule has 2 aromatic rings. The second-order valence-electron chi connectivity index (χ2n) is 13.8. The minimum Gasteiger partial charge on any atom is -0.496 e. The van der Waals surface area contributed by atoms with Gasteiger partial charge in [-0.05, 0) is 47.8 Å². The minimum absolute atomic E-state index is 0.104. The Morgan fingerprint density at radius 2 is 1.77 bits per heavy atom. The van der Waals surface area contributed by atoms with Crippen LogP contribution in [0.4, 0.5) is 8.78 Å². The van der Waals surface area contributed by atoms with E-state index in [1.807, 2.05) is 32.9 Å². The highest BCUT2D eigenvalue weighted by atomic mass is 19.3. The van der Waals surface area contributed by atoms with E-state index < -0.39 is 54.1 Å². The molecule has 0 bridgehead atoms. The monoisotopic (exact) mass is 616 g/mol. The van der Waals surface area contributed by atoms with Crippen LogP contribution in [0.3, 0.4) is 0 Å². The van der Waals surface area contributed by atoms with Crippen LogP contribution in [0.15, 0.2) is 42.5 Å². The van der Waals surface area contributed by atoms with Crippen molar-refractivity contribution in [3.8, 4) is 11.5 Å². The maximum absolute atomic E-state index is 14.3. The van der Waals surface area contributed by atoms with Gasteiger partial charge < -0.3 is 29.5 Å². The number of hydrogen-bond donors (Lipinski definition) is 2. The number of nitrogens with zero attached hydrogens (tertiary/aromatic N) is 1. The summed E-state index contributed by atoms with van der Waals surface area (Å²) < 4.78 is 43.8. The Hall–Kier alpha value is -3.24. The van der Waals surface area contributed by atoms with Gasteiger partial charge in [-0.2, -0.15) is 8.78 Å². The Kier molecular flexibility index (Phi) is 10.2. The molecule has 5 atom stereocenters. The lowest BCUT2D eigenvalue weighted by molar-refractivity contribution is -0.159. The summed E-state index contributed by atoms with van der Waals surface area (Å²) in [5, 5.41) is 14.3. The zero-order valence-corrected chi connectivity index (χ0v) is 26.7. The highest BCUT2D eigenvalue weighted by Crippen LogP contribution is 2.50. The van der Waals surface area contributed by atoms with Gasteiger partial charge in [0.25, 0.3) is 5.91 Å². The minimum atomic E-state index is -3.10. The molecule has 2 heterocycles. The first kappa shape index (κ1) is 33.6. The van der Waals surface area contributed by atoms with Crippen molar-refractivity contribution in [1.29, 1.82) is 0 Å². The highest BCUT2D eigenvalue weighted by molar-refractivity contribution is 5.88. The van der Waals surface area contributed by atoms with Crippen molar-refractivity contribution in [3.05, 3.63) is 59.2 Å². The number of benzene rings is 2. The zero-order valence-electron chi connectivity index (χ0n) is 26.7. The second-order valence-corrected chi connectivity index (χ2v) is 13.8. The molecule has 0 unspecified atom stereocenters. The fraction of sp³-hybridized carbons (Fsp3) is 0.588. The number of ether oxygens (including phenoxy) is 3. The van der Waals surface area contributed by atoms with E-state index in [2.05, 4.69) is 32.2 Å². The topological polar surface area (TPSA) is 97.3 Å². The first-order valence-electron chi connectivity index (χ1n) is 15.3. The molecule has 2 fully saturated rings. The number of alkyl halides is 2. The molecule has 2 aliphatic heterocycles. The summed E-state index contributed by atoms with van der Waals surface area (Å²) in [5.74, 6) is -1.68. The molecule has 2 saturated heterocycles. The molecule has 0 saturated carbocycles. The molecular formula is C34H46F2N2O6. The third-order valence-electron chi connectivity index (χ3n) is 8.76. The smallest absolute Gasteiger partial charge is 0.387 e. The van der Waals surface area contributed by atoms with Gasteiger partial charge in [-0.25, -0.2) is 4.79 Å². The van der Waals surface area contributed by atoms with Crippen molar-refractivity contribution in [2.45, 2.75) is 104 Å². The number of carboxylic acid groups (broad SMARTS) is 1. The van der Waals surface area contributed by atoms with Crippen LogP contribution in [0.25, 0.3) is 0 Å². The van der Waals surface area contributed by atoms with Crippen LogP contribution < -0.4 is 14.8 Å². The molecule has 8 nitrogen and oxygen atoms in total. The number of amides is 1. The normalized spacial score (nSPS) is 24.4. The van der Waals surface area contributed by atoms with Crippen LogP contribution >= 0.6 is 0 Å². The van der Waals surface area contributed by atoms with Crippen molar-refractivity contribution in [3.63, 3.8) is 0 Å². The second kappa shape index (κ2) is 13.4. The summed E-state index contributed by atoms with van der Waals surface area (Å²) in [5.41, 5.74) is 1.51. The van der Waals surface area contributed by atoms with E-state index in [0.29, 0.717) is 24.3 Å². The fourth-order valence-electron chi connectivity index (χ4n) is 6.69. The summed E-state index contributed by atoms with van der Waals surface area (Å²) in [4.78, 5) is 28.8. The standard InChI is InChI=1S/C34H46F2N2O6/c1-33(2,3)21-15-16-23(42-7)20(18-21)19-37-27-26(34(4,5)6)29(31(40)41)38(30(39)25-14-10-11-17-43-25)28(27)22-12-8-9-13-24(22)44-32(35)36/h8-9,12-13,15-16,18,25-29,32,37H,10-11,14,17,19H2,1-7H3,(H,40,41)/t25-,26+,27+,28+,29+/m1/s1. The van der Waals surface area contributed by atoms with Crippen LogP contribution in [0.2, 0.25) is 0 Å². The molecule has 0 radical (unpaired) electrons. The lowest BCUT2D eigenvalue weighted by Crippen LogP contribution is -2.51. The van der Waals surface area contributed by atoms with E-state index in [0.717, 1.165) is 24.0 Å². The summed E-state index contributed by atoms with van der Waals surface area (Å²) >= 11 is 0. The molecule has 1 amide bonds. The SMILES string of the molecule is COc1ccc(C(C)(C)C)cc1CN[C@H]1[C@H](C(C)(C)C)[C@@H](C(=O)O)N(C(=O)[C@H]2CCCCO2)[C@H]1c1ccccc1OC(F)F. The number of rotatable bonds is 9. The number of hydrogen-bond acceptors (Lipinski definition) is 6. The number of halogens is 2. The van der Waals surface area contributed by atoms with Crippen molar-refractivity contribution in [1.82, 2.24) is 10.2 Å². The largest absolute Gasteiger partial charge is 0.496 e. The number of nitrogens with one attached hydrogen (secondary N) is 1. The van der Waals surface area contributed by atoms with Gasteiger partial charge in [0.05, 0.1) is 13.2 Å². The van der Waals surface area contributed by atoms with Crippen molar-refractivity contribution in [2.24, 2.45) is 11.3 Å². The van der Waals surface area contributed by atoms with Gasteiger partial charge in [0.2, 0.25) is 0 Å². The predicted molar refractivity (Wildman–Crippen MR) is 163 cm³/mol. The molecule has 0 aromatic heterocycles. The number of carbonyl (C=O) groups excluding carboxylic acids is 1. The Morgan fingerprint density at radius 1 is 1.07 bits per heavy atom. The molecule has 2 N–H and O–H groups in total. The van der Waals surface area contributed by atoms with Gasteiger partial charge in [-0.1, -0.05) is 71.9 Å². The number of aliphatic carboxylic acids is 1. The van der Waals surface area contributed by atoms with Crippen LogP contribution in [-0.2, 0) is 26.3 Å². The van der Waals surface area contributed by atoms with E-state index in [9.17, 15) is 23.5 Å². The van der Waals surface area contributed by atoms with E-state index in [4.69, 9.17) is 14.2 Å². The molecule has 10 heteroatoms. The quantitative estimate of drug-likeness (QED) is 0.340. The Morgan fingerprint density at radius 3 is 2.34 bits per heavy atom. The third kappa shape index (κ3) is 7.18. The van der Waals surface area contributed by atoms with Gasteiger partial charge >= 0.3 is 12.6 Å². The molecule has 0 aliphatic carbocycles. The lowest BCUT2D eigenvalue weighted by atomic mass is 9.72. The third-order valence-corrected chi connectivity index (χ3v) is 8.76. The average molecular weight is 617 g/mol. The molecule has 44 heavy (non-hydrogen) atoms. The number of carboxylic acids is 1. The molecule has 242 valence electrons. The number of methoxy groups -OCH3 is 1. The van der Waals surface area contributed by atoms with E-state index >= 15 is 0 Å². The van der Waals surface area contributed by atoms with Crippen LogP contribution in [0, 0.1) is 11.3 Å². The number of carbonyl (C=O) groups is 2. The fourth-order valence-corrected chi connectivity index (χ4v) is 6.69.